The van der Waals surface area contributed by atoms with E-state index in [1.807, 2.05) is 0 Å². The van der Waals surface area contributed by atoms with Crippen molar-refractivity contribution in [1.29, 1.82) is 0 Å². The number of aromatic nitrogens is 2. The molecule has 0 fully saturated rings. The molecular weight excluding hydrogens is 262 g/mol. The molecule has 0 spiro atoms. The van der Waals surface area contributed by atoms with Crippen LogP contribution in [0, 0.1) is 0 Å². The number of hydrogen-bond acceptors (Lipinski definition) is 4. The van der Waals surface area contributed by atoms with Gasteiger partial charge in [0.1, 0.15) is 0 Å². The van der Waals surface area contributed by atoms with Gasteiger partial charge in [-0.05, 0) is 49.5 Å². The van der Waals surface area contributed by atoms with E-state index in [1.165, 1.54) is 5.56 Å². The second-order valence-electron chi connectivity index (χ2n) is 5.63. The minimum Gasteiger partial charge on any atom is -0.421 e. The molecule has 1 N–H and O–H groups in total. The smallest absolute Gasteiger partial charge is 0.247 e. The van der Waals surface area contributed by atoms with Crippen molar-refractivity contribution in [2.75, 3.05) is 13.1 Å². The van der Waals surface area contributed by atoms with Crippen LogP contribution in [-0.4, -0.2) is 23.3 Å². The normalized spacial score (nSPS) is 11.2. The Kier molecular flexibility index (Phi) is 5.93. The van der Waals surface area contributed by atoms with Crippen molar-refractivity contribution in [2.45, 2.75) is 46.0 Å². The van der Waals surface area contributed by atoms with E-state index >= 15 is 0 Å². The van der Waals surface area contributed by atoms with Crippen LogP contribution >= 0.6 is 0 Å². The quantitative estimate of drug-likeness (QED) is 0.750. The monoisotopic (exact) mass is 287 g/mol. The fourth-order valence-electron chi connectivity index (χ4n) is 2.15. The Morgan fingerprint density at radius 2 is 1.86 bits per heavy atom. The van der Waals surface area contributed by atoms with Gasteiger partial charge in [-0.15, -0.1) is 10.2 Å². The molecule has 1 aromatic carbocycles. The number of nitrogens with zero attached hydrogens (tertiary/aromatic N) is 2. The van der Waals surface area contributed by atoms with Crippen molar-refractivity contribution < 1.29 is 4.42 Å². The van der Waals surface area contributed by atoms with E-state index in [0.29, 0.717) is 11.8 Å². The molecule has 1 heterocycles. The Bertz CT molecular complexity index is 531. The first kappa shape index (κ1) is 15.7. The molecule has 0 amide bonds. The number of nitrogens with one attached hydrogen (secondary N) is 1. The van der Waals surface area contributed by atoms with Crippen molar-refractivity contribution in [1.82, 2.24) is 15.5 Å². The van der Waals surface area contributed by atoms with E-state index in [-0.39, 0.29) is 0 Å². The van der Waals surface area contributed by atoms with Crippen LogP contribution < -0.4 is 5.32 Å². The lowest BCUT2D eigenvalue weighted by Crippen LogP contribution is -2.16. The first-order valence-electron chi connectivity index (χ1n) is 7.84. The van der Waals surface area contributed by atoms with Gasteiger partial charge in [0, 0.05) is 12.0 Å². The highest BCUT2D eigenvalue weighted by molar-refractivity contribution is 5.53. The SMILES string of the molecule is CCCNCCCc1nnc(-c2ccc(C(C)C)cc2)o1. The van der Waals surface area contributed by atoms with E-state index in [2.05, 4.69) is 60.6 Å². The molecule has 2 aromatic rings. The van der Waals surface area contributed by atoms with Crippen LogP contribution in [0.4, 0.5) is 0 Å². The summed E-state index contributed by atoms with van der Waals surface area (Å²) in [7, 11) is 0. The highest BCUT2D eigenvalue weighted by atomic mass is 16.4. The zero-order chi connectivity index (χ0) is 15.1. The van der Waals surface area contributed by atoms with Crippen molar-refractivity contribution >= 4 is 0 Å². The fraction of sp³-hybridized carbons (Fsp3) is 0.529. The van der Waals surface area contributed by atoms with Crippen LogP contribution in [-0.2, 0) is 6.42 Å². The molecule has 0 unspecified atom stereocenters. The number of rotatable bonds is 8. The third kappa shape index (κ3) is 4.67. The number of hydrogen-bond donors (Lipinski definition) is 1. The second-order valence-corrected chi connectivity index (χ2v) is 5.63. The van der Waals surface area contributed by atoms with Gasteiger partial charge in [-0.3, -0.25) is 0 Å². The highest BCUT2D eigenvalue weighted by Crippen LogP contribution is 2.21. The average Bonchev–Trinajstić information content (AvgIpc) is 2.96. The van der Waals surface area contributed by atoms with Gasteiger partial charge in [0.2, 0.25) is 11.8 Å². The third-order valence-corrected chi connectivity index (χ3v) is 3.46. The summed E-state index contributed by atoms with van der Waals surface area (Å²) in [5.41, 5.74) is 2.31. The first-order valence-corrected chi connectivity index (χ1v) is 7.84. The van der Waals surface area contributed by atoms with Gasteiger partial charge >= 0.3 is 0 Å². The van der Waals surface area contributed by atoms with E-state index in [4.69, 9.17) is 4.42 Å². The lowest BCUT2D eigenvalue weighted by molar-refractivity contribution is 0.491. The summed E-state index contributed by atoms with van der Waals surface area (Å²) in [6.07, 6.45) is 3.01. The summed E-state index contributed by atoms with van der Waals surface area (Å²) in [4.78, 5) is 0. The summed E-state index contributed by atoms with van der Waals surface area (Å²) in [6.45, 7) is 8.60. The summed E-state index contributed by atoms with van der Waals surface area (Å²) in [5.74, 6) is 1.87. The van der Waals surface area contributed by atoms with E-state index in [0.717, 1.165) is 43.8 Å². The lowest BCUT2D eigenvalue weighted by Gasteiger charge is -2.04. The van der Waals surface area contributed by atoms with Crippen molar-refractivity contribution in [3.63, 3.8) is 0 Å². The van der Waals surface area contributed by atoms with Crippen LogP contribution in [0.2, 0.25) is 0 Å². The fourth-order valence-corrected chi connectivity index (χ4v) is 2.15. The summed E-state index contributed by atoms with van der Waals surface area (Å²) in [5, 5.41) is 11.6. The summed E-state index contributed by atoms with van der Waals surface area (Å²) < 4.78 is 5.73. The molecule has 2 rings (SSSR count). The Labute approximate surface area is 127 Å². The molecule has 114 valence electrons. The van der Waals surface area contributed by atoms with E-state index in [1.54, 1.807) is 0 Å². The van der Waals surface area contributed by atoms with Gasteiger partial charge in [0.25, 0.3) is 0 Å². The maximum Gasteiger partial charge on any atom is 0.247 e. The Balaban J connectivity index is 1.90. The van der Waals surface area contributed by atoms with Crippen LogP contribution in [0.3, 0.4) is 0 Å². The standard InChI is InChI=1S/C17H25N3O/c1-4-11-18-12-5-6-16-19-20-17(21-16)15-9-7-14(8-10-15)13(2)3/h7-10,13,18H,4-6,11-12H2,1-3H3. The maximum absolute atomic E-state index is 5.73. The molecular formula is C17H25N3O. The van der Waals surface area contributed by atoms with Gasteiger partial charge < -0.3 is 9.73 Å². The molecule has 0 saturated carbocycles. The molecule has 0 aliphatic carbocycles. The summed E-state index contributed by atoms with van der Waals surface area (Å²) >= 11 is 0. The zero-order valence-electron chi connectivity index (χ0n) is 13.2. The second kappa shape index (κ2) is 7.93. The van der Waals surface area contributed by atoms with Gasteiger partial charge in [-0.1, -0.05) is 32.9 Å². The Hall–Kier alpha value is -1.68. The predicted octanol–water partition coefficient (Wildman–Crippen LogP) is 3.79. The van der Waals surface area contributed by atoms with Gasteiger partial charge in [0.05, 0.1) is 0 Å². The van der Waals surface area contributed by atoms with Crippen molar-refractivity contribution in [2.24, 2.45) is 0 Å². The largest absolute Gasteiger partial charge is 0.421 e. The molecule has 4 heteroatoms. The van der Waals surface area contributed by atoms with Gasteiger partial charge in [-0.25, -0.2) is 0 Å². The Morgan fingerprint density at radius 1 is 1.10 bits per heavy atom. The van der Waals surface area contributed by atoms with Gasteiger partial charge in [-0.2, -0.15) is 0 Å². The number of benzene rings is 1. The molecule has 0 atom stereocenters. The van der Waals surface area contributed by atoms with Crippen LogP contribution in [0.5, 0.6) is 0 Å². The van der Waals surface area contributed by atoms with E-state index < -0.39 is 0 Å². The summed E-state index contributed by atoms with van der Waals surface area (Å²) in [6, 6.07) is 8.35. The third-order valence-electron chi connectivity index (χ3n) is 3.46. The molecule has 4 nitrogen and oxygen atoms in total. The minimum atomic E-state index is 0.535. The average molecular weight is 287 g/mol. The zero-order valence-corrected chi connectivity index (χ0v) is 13.2. The van der Waals surface area contributed by atoms with Crippen molar-refractivity contribution in [3.05, 3.63) is 35.7 Å². The Morgan fingerprint density at radius 3 is 2.52 bits per heavy atom. The maximum atomic E-state index is 5.73. The van der Waals surface area contributed by atoms with E-state index in [9.17, 15) is 0 Å². The molecule has 0 aliphatic heterocycles. The first-order chi connectivity index (χ1) is 10.2. The lowest BCUT2D eigenvalue weighted by atomic mass is 10.0. The van der Waals surface area contributed by atoms with Crippen LogP contribution in [0.25, 0.3) is 11.5 Å². The van der Waals surface area contributed by atoms with Crippen LogP contribution in [0.15, 0.2) is 28.7 Å². The molecule has 0 saturated heterocycles. The topological polar surface area (TPSA) is 51.0 Å². The van der Waals surface area contributed by atoms with Crippen molar-refractivity contribution in [3.8, 4) is 11.5 Å². The minimum absolute atomic E-state index is 0.535. The predicted molar refractivity (Wildman–Crippen MR) is 85.3 cm³/mol. The highest BCUT2D eigenvalue weighted by Gasteiger charge is 2.08. The van der Waals surface area contributed by atoms with Gasteiger partial charge in [0.15, 0.2) is 0 Å². The number of aryl methyl sites for hydroxylation is 1. The molecule has 1 aromatic heterocycles. The molecule has 0 bridgehead atoms. The molecule has 0 radical (unpaired) electrons. The van der Waals surface area contributed by atoms with Crippen LogP contribution in [0.1, 0.15) is 51.0 Å². The molecule has 21 heavy (non-hydrogen) atoms. The molecule has 0 aliphatic rings.